The molecule has 0 N–H and O–H groups in total. The van der Waals surface area contributed by atoms with Gasteiger partial charge in [0.05, 0.1) is 17.9 Å². The average Bonchev–Trinajstić information content (AvgIpc) is 2.87. The summed E-state index contributed by atoms with van der Waals surface area (Å²) in [5, 5.41) is 1.74. The molecule has 0 aromatic carbocycles. The van der Waals surface area contributed by atoms with E-state index in [1.807, 2.05) is 0 Å². The van der Waals surface area contributed by atoms with Crippen molar-refractivity contribution in [3.8, 4) is 0 Å². The normalized spacial score (nSPS) is 12.6. The van der Waals surface area contributed by atoms with Gasteiger partial charge in [0, 0.05) is 0 Å². The van der Waals surface area contributed by atoms with Gasteiger partial charge in [-0.2, -0.15) is 0 Å². The van der Waals surface area contributed by atoms with Gasteiger partial charge in [0.25, 0.3) is 0 Å². The minimum Gasteiger partial charge on any atom is -0.466 e. The molecule has 1 atom stereocenters. The van der Waals surface area contributed by atoms with Gasteiger partial charge in [0.15, 0.2) is 5.78 Å². The number of thiophene rings is 1. The van der Waals surface area contributed by atoms with Gasteiger partial charge in [-0.3, -0.25) is 14.4 Å². The van der Waals surface area contributed by atoms with E-state index >= 15 is 0 Å². The third kappa shape index (κ3) is 5.67. The van der Waals surface area contributed by atoms with E-state index in [4.69, 9.17) is 9.47 Å². The van der Waals surface area contributed by atoms with Crippen LogP contribution in [-0.2, 0) is 19.1 Å². The summed E-state index contributed by atoms with van der Waals surface area (Å²) in [6.07, 6.45) is -0.306. The summed E-state index contributed by atoms with van der Waals surface area (Å²) in [6, 6.07) is 3.34. The molecule has 1 aromatic rings. The molecule has 1 heterocycles. The number of hydrogen-bond acceptors (Lipinski definition) is 6. The standard InChI is InChI=1S/C15H20O5S/c1-5-19-12(16)9-10(14(18)20-15(2,3)4)13(17)11-7-6-8-21-11/h6-8,10H,5,9H2,1-4H3. The Balaban J connectivity index is 2.91. The quantitative estimate of drug-likeness (QED) is 0.459. The molecule has 1 rings (SSSR count). The van der Waals surface area contributed by atoms with Crippen molar-refractivity contribution < 1.29 is 23.9 Å². The molecule has 0 bridgehead atoms. The van der Waals surface area contributed by atoms with Crippen LogP contribution in [0.25, 0.3) is 0 Å². The molecule has 0 aliphatic carbocycles. The minimum absolute atomic E-state index is 0.201. The van der Waals surface area contributed by atoms with Gasteiger partial charge in [-0.05, 0) is 39.1 Å². The monoisotopic (exact) mass is 312 g/mol. The Hall–Kier alpha value is -1.69. The maximum absolute atomic E-state index is 12.4. The van der Waals surface area contributed by atoms with Crippen molar-refractivity contribution in [3.05, 3.63) is 22.4 Å². The molecule has 6 heteroatoms. The van der Waals surface area contributed by atoms with Gasteiger partial charge < -0.3 is 9.47 Å². The molecule has 21 heavy (non-hydrogen) atoms. The van der Waals surface area contributed by atoms with E-state index in [1.54, 1.807) is 45.2 Å². The Labute approximate surface area is 128 Å². The fourth-order valence-electron chi connectivity index (χ4n) is 1.63. The van der Waals surface area contributed by atoms with Crippen molar-refractivity contribution in [3.63, 3.8) is 0 Å². The second kappa shape index (κ2) is 7.36. The summed E-state index contributed by atoms with van der Waals surface area (Å²) >= 11 is 1.23. The molecule has 0 fully saturated rings. The molecule has 116 valence electrons. The third-order valence-corrected chi connectivity index (χ3v) is 3.33. The van der Waals surface area contributed by atoms with Crippen LogP contribution in [0.5, 0.6) is 0 Å². The van der Waals surface area contributed by atoms with Crippen LogP contribution < -0.4 is 0 Å². The van der Waals surface area contributed by atoms with E-state index in [-0.39, 0.29) is 13.0 Å². The van der Waals surface area contributed by atoms with Crippen LogP contribution in [0.15, 0.2) is 17.5 Å². The number of ether oxygens (including phenoxy) is 2. The highest BCUT2D eigenvalue weighted by Crippen LogP contribution is 2.21. The molecule has 0 saturated carbocycles. The number of ketones is 1. The predicted molar refractivity (Wildman–Crippen MR) is 79.2 cm³/mol. The predicted octanol–water partition coefficient (Wildman–Crippen LogP) is 2.84. The number of hydrogen-bond donors (Lipinski definition) is 0. The summed E-state index contributed by atoms with van der Waals surface area (Å²) in [4.78, 5) is 36.6. The first kappa shape index (κ1) is 17.4. The molecular formula is C15H20O5S. The zero-order valence-corrected chi connectivity index (χ0v) is 13.5. The highest BCUT2D eigenvalue weighted by atomic mass is 32.1. The van der Waals surface area contributed by atoms with Gasteiger partial charge >= 0.3 is 11.9 Å². The Morgan fingerprint density at radius 1 is 1.29 bits per heavy atom. The van der Waals surface area contributed by atoms with E-state index in [9.17, 15) is 14.4 Å². The number of Topliss-reactive ketones (excluding diaryl/α,β-unsaturated/α-hetero) is 1. The van der Waals surface area contributed by atoms with Crippen LogP contribution in [0.2, 0.25) is 0 Å². The zero-order chi connectivity index (χ0) is 16.0. The first-order valence-electron chi connectivity index (χ1n) is 6.70. The fourth-order valence-corrected chi connectivity index (χ4v) is 2.35. The molecule has 0 spiro atoms. The van der Waals surface area contributed by atoms with Crippen molar-refractivity contribution in [1.29, 1.82) is 0 Å². The number of esters is 2. The number of carbonyl (C=O) groups is 3. The lowest BCUT2D eigenvalue weighted by atomic mass is 9.98. The summed E-state index contributed by atoms with van der Waals surface area (Å²) in [5.74, 6) is -2.86. The first-order valence-corrected chi connectivity index (χ1v) is 7.58. The SMILES string of the molecule is CCOC(=O)CC(C(=O)OC(C)(C)C)C(=O)c1cccs1. The van der Waals surface area contributed by atoms with E-state index in [0.717, 1.165) is 0 Å². The average molecular weight is 312 g/mol. The van der Waals surface area contributed by atoms with Crippen molar-refractivity contribution in [2.45, 2.75) is 39.7 Å². The maximum Gasteiger partial charge on any atom is 0.318 e. The molecule has 0 saturated heterocycles. The van der Waals surface area contributed by atoms with E-state index in [1.165, 1.54) is 11.3 Å². The Bertz CT molecular complexity index is 499. The lowest BCUT2D eigenvalue weighted by Crippen LogP contribution is -2.34. The maximum atomic E-state index is 12.4. The molecule has 1 aromatic heterocycles. The fraction of sp³-hybridized carbons (Fsp3) is 0.533. The minimum atomic E-state index is -1.16. The zero-order valence-electron chi connectivity index (χ0n) is 12.7. The Morgan fingerprint density at radius 3 is 2.43 bits per heavy atom. The van der Waals surface area contributed by atoms with Crippen LogP contribution >= 0.6 is 11.3 Å². The van der Waals surface area contributed by atoms with Crippen LogP contribution in [0.4, 0.5) is 0 Å². The van der Waals surface area contributed by atoms with Crippen LogP contribution in [0.3, 0.4) is 0 Å². The van der Waals surface area contributed by atoms with E-state index in [2.05, 4.69) is 0 Å². The highest BCUT2D eigenvalue weighted by molar-refractivity contribution is 7.12. The van der Waals surface area contributed by atoms with Gasteiger partial charge in [0.2, 0.25) is 0 Å². The topological polar surface area (TPSA) is 69.7 Å². The van der Waals surface area contributed by atoms with Gasteiger partial charge in [-0.25, -0.2) is 0 Å². The smallest absolute Gasteiger partial charge is 0.318 e. The number of rotatable bonds is 6. The summed E-state index contributed by atoms with van der Waals surface area (Å²) < 4.78 is 10.1. The largest absolute Gasteiger partial charge is 0.466 e. The molecule has 0 amide bonds. The highest BCUT2D eigenvalue weighted by Gasteiger charge is 2.34. The lowest BCUT2D eigenvalue weighted by molar-refractivity contribution is -0.161. The second-order valence-corrected chi connectivity index (χ2v) is 6.38. The molecule has 1 unspecified atom stereocenters. The van der Waals surface area contributed by atoms with Crippen molar-refractivity contribution in [2.24, 2.45) is 5.92 Å². The summed E-state index contributed by atoms with van der Waals surface area (Å²) in [7, 11) is 0. The van der Waals surface area contributed by atoms with Crippen molar-refractivity contribution in [2.75, 3.05) is 6.61 Å². The lowest BCUT2D eigenvalue weighted by Gasteiger charge is -2.22. The van der Waals surface area contributed by atoms with Crippen molar-refractivity contribution >= 4 is 29.1 Å². The van der Waals surface area contributed by atoms with Gasteiger partial charge in [0.1, 0.15) is 11.5 Å². The van der Waals surface area contributed by atoms with Gasteiger partial charge in [-0.1, -0.05) is 6.07 Å². The molecular weight excluding hydrogens is 292 g/mol. The van der Waals surface area contributed by atoms with E-state index < -0.39 is 29.2 Å². The second-order valence-electron chi connectivity index (χ2n) is 5.44. The van der Waals surface area contributed by atoms with Gasteiger partial charge in [-0.15, -0.1) is 11.3 Å². The molecule has 5 nitrogen and oxygen atoms in total. The van der Waals surface area contributed by atoms with Crippen molar-refractivity contribution in [1.82, 2.24) is 0 Å². The summed E-state index contributed by atoms with van der Waals surface area (Å²) in [6.45, 7) is 7.00. The molecule has 0 radical (unpaired) electrons. The van der Waals surface area contributed by atoms with E-state index in [0.29, 0.717) is 4.88 Å². The van der Waals surface area contributed by atoms with Crippen LogP contribution in [0.1, 0.15) is 43.8 Å². The first-order chi connectivity index (χ1) is 9.74. The van der Waals surface area contributed by atoms with Crippen LogP contribution in [0, 0.1) is 5.92 Å². The summed E-state index contributed by atoms with van der Waals surface area (Å²) in [5.41, 5.74) is -0.722. The number of carbonyl (C=O) groups excluding carboxylic acids is 3. The Kier molecular flexibility index (Phi) is 6.08. The molecule has 0 aliphatic rings. The molecule has 0 aliphatic heterocycles. The third-order valence-electron chi connectivity index (χ3n) is 2.45. The Morgan fingerprint density at radius 2 is 1.95 bits per heavy atom. The van der Waals surface area contributed by atoms with Crippen LogP contribution in [-0.4, -0.2) is 29.9 Å².